The molecule has 4 heteroatoms. The maximum atomic E-state index is 12.4. The van der Waals surface area contributed by atoms with Gasteiger partial charge in [-0.2, -0.15) is 0 Å². The summed E-state index contributed by atoms with van der Waals surface area (Å²) in [4.78, 5) is 12.4. The minimum atomic E-state index is -0.0284. The van der Waals surface area contributed by atoms with Crippen LogP contribution in [0.4, 0.5) is 0 Å². The number of ether oxygens (including phenoxy) is 2. The fourth-order valence-electron chi connectivity index (χ4n) is 3.12. The standard InChI is InChI=1S/C19H29NO3/c1-4-22-17-12-11-16(13-18(17)23-5-2)14(3)20-19(21)15-9-7-6-8-10-15/h11-15H,4-10H2,1-3H3,(H,20,21). The number of amides is 1. The van der Waals surface area contributed by atoms with E-state index in [1.165, 1.54) is 19.3 Å². The molecule has 1 N–H and O–H groups in total. The lowest BCUT2D eigenvalue weighted by Crippen LogP contribution is -2.33. The molecule has 4 nitrogen and oxygen atoms in total. The summed E-state index contributed by atoms with van der Waals surface area (Å²) < 4.78 is 11.3. The Morgan fingerprint density at radius 1 is 1.13 bits per heavy atom. The van der Waals surface area contributed by atoms with Crippen molar-refractivity contribution >= 4 is 5.91 Å². The first kappa shape index (κ1) is 17.6. The molecule has 0 radical (unpaired) electrons. The van der Waals surface area contributed by atoms with Crippen LogP contribution in [0.5, 0.6) is 11.5 Å². The van der Waals surface area contributed by atoms with E-state index in [1.54, 1.807) is 0 Å². The molecule has 0 bridgehead atoms. The minimum absolute atomic E-state index is 0.0284. The van der Waals surface area contributed by atoms with Crippen LogP contribution in [-0.4, -0.2) is 19.1 Å². The molecule has 1 aromatic carbocycles. The van der Waals surface area contributed by atoms with Gasteiger partial charge in [0.25, 0.3) is 0 Å². The van der Waals surface area contributed by atoms with Crippen molar-refractivity contribution in [2.75, 3.05) is 13.2 Å². The van der Waals surface area contributed by atoms with Crippen molar-refractivity contribution < 1.29 is 14.3 Å². The van der Waals surface area contributed by atoms with E-state index >= 15 is 0 Å². The molecule has 1 atom stereocenters. The number of hydrogen-bond acceptors (Lipinski definition) is 3. The molecule has 1 unspecified atom stereocenters. The first-order chi connectivity index (χ1) is 11.2. The van der Waals surface area contributed by atoms with E-state index in [0.717, 1.165) is 29.9 Å². The van der Waals surface area contributed by atoms with Crippen LogP contribution < -0.4 is 14.8 Å². The van der Waals surface area contributed by atoms with E-state index in [4.69, 9.17) is 9.47 Å². The van der Waals surface area contributed by atoms with Gasteiger partial charge in [-0.25, -0.2) is 0 Å². The lowest BCUT2D eigenvalue weighted by Gasteiger charge is -2.24. The molecule has 0 spiro atoms. The summed E-state index contributed by atoms with van der Waals surface area (Å²) in [6.45, 7) is 7.12. The zero-order valence-corrected chi connectivity index (χ0v) is 14.6. The van der Waals surface area contributed by atoms with Crippen molar-refractivity contribution in [3.05, 3.63) is 23.8 Å². The Hall–Kier alpha value is -1.71. The second-order valence-corrected chi connectivity index (χ2v) is 6.14. The average molecular weight is 319 g/mol. The van der Waals surface area contributed by atoms with E-state index in [2.05, 4.69) is 5.32 Å². The van der Waals surface area contributed by atoms with Crippen LogP contribution in [0.3, 0.4) is 0 Å². The molecule has 1 amide bonds. The highest BCUT2D eigenvalue weighted by Gasteiger charge is 2.22. The van der Waals surface area contributed by atoms with Gasteiger partial charge in [0.15, 0.2) is 11.5 Å². The van der Waals surface area contributed by atoms with Crippen LogP contribution in [0, 0.1) is 5.92 Å². The lowest BCUT2D eigenvalue weighted by atomic mass is 9.88. The van der Waals surface area contributed by atoms with Crippen LogP contribution in [0.15, 0.2) is 18.2 Å². The fraction of sp³-hybridized carbons (Fsp3) is 0.632. The smallest absolute Gasteiger partial charge is 0.223 e. The Labute approximate surface area is 139 Å². The predicted molar refractivity (Wildman–Crippen MR) is 91.9 cm³/mol. The van der Waals surface area contributed by atoms with Gasteiger partial charge in [0.2, 0.25) is 5.91 Å². The van der Waals surface area contributed by atoms with Gasteiger partial charge in [-0.1, -0.05) is 25.3 Å². The van der Waals surface area contributed by atoms with Gasteiger partial charge in [-0.3, -0.25) is 4.79 Å². The van der Waals surface area contributed by atoms with Gasteiger partial charge in [0.05, 0.1) is 19.3 Å². The largest absolute Gasteiger partial charge is 0.490 e. The van der Waals surface area contributed by atoms with Gasteiger partial charge in [-0.05, 0) is 51.3 Å². The minimum Gasteiger partial charge on any atom is -0.490 e. The van der Waals surface area contributed by atoms with E-state index < -0.39 is 0 Å². The van der Waals surface area contributed by atoms with Gasteiger partial charge in [0, 0.05) is 5.92 Å². The number of carbonyl (C=O) groups is 1. The third-order valence-corrected chi connectivity index (χ3v) is 4.40. The van der Waals surface area contributed by atoms with Gasteiger partial charge >= 0.3 is 0 Å². The maximum absolute atomic E-state index is 12.4. The van der Waals surface area contributed by atoms with Gasteiger partial charge in [-0.15, -0.1) is 0 Å². The van der Waals surface area contributed by atoms with E-state index in [-0.39, 0.29) is 17.9 Å². The van der Waals surface area contributed by atoms with Gasteiger partial charge in [0.1, 0.15) is 0 Å². The molecular weight excluding hydrogens is 290 g/mol. The number of nitrogens with one attached hydrogen (secondary N) is 1. The Morgan fingerprint density at radius 3 is 2.43 bits per heavy atom. The quantitative estimate of drug-likeness (QED) is 0.817. The van der Waals surface area contributed by atoms with Crippen LogP contribution in [0.25, 0.3) is 0 Å². The zero-order valence-electron chi connectivity index (χ0n) is 14.6. The molecule has 0 saturated heterocycles. The molecule has 1 aromatic rings. The number of carbonyl (C=O) groups excluding carboxylic acids is 1. The summed E-state index contributed by atoms with van der Waals surface area (Å²) in [7, 11) is 0. The van der Waals surface area contributed by atoms with Crippen LogP contribution in [0.2, 0.25) is 0 Å². The monoisotopic (exact) mass is 319 g/mol. The Bertz CT molecular complexity index is 509. The summed E-state index contributed by atoms with van der Waals surface area (Å²) in [5.74, 6) is 1.86. The SMILES string of the molecule is CCOc1ccc(C(C)NC(=O)C2CCCCC2)cc1OCC. The molecule has 0 aromatic heterocycles. The fourth-order valence-corrected chi connectivity index (χ4v) is 3.12. The van der Waals surface area contributed by atoms with E-state index in [0.29, 0.717) is 13.2 Å². The molecule has 2 rings (SSSR count). The van der Waals surface area contributed by atoms with E-state index in [1.807, 2.05) is 39.0 Å². The van der Waals surface area contributed by atoms with Crippen molar-refractivity contribution in [3.63, 3.8) is 0 Å². The second-order valence-electron chi connectivity index (χ2n) is 6.14. The Balaban J connectivity index is 2.04. The molecule has 0 aliphatic heterocycles. The molecule has 1 aliphatic carbocycles. The number of benzene rings is 1. The summed E-state index contributed by atoms with van der Waals surface area (Å²) in [5, 5.41) is 3.15. The van der Waals surface area contributed by atoms with Crippen molar-refractivity contribution in [1.82, 2.24) is 5.32 Å². The van der Waals surface area contributed by atoms with Crippen LogP contribution in [0.1, 0.15) is 64.5 Å². The first-order valence-corrected chi connectivity index (χ1v) is 8.85. The van der Waals surface area contributed by atoms with Crippen molar-refractivity contribution in [2.24, 2.45) is 5.92 Å². The molecule has 1 aliphatic rings. The molecule has 0 heterocycles. The van der Waals surface area contributed by atoms with Crippen molar-refractivity contribution in [2.45, 2.75) is 58.9 Å². The van der Waals surface area contributed by atoms with Crippen molar-refractivity contribution in [1.29, 1.82) is 0 Å². The molecule has 1 fully saturated rings. The van der Waals surface area contributed by atoms with Crippen LogP contribution >= 0.6 is 0 Å². The lowest BCUT2D eigenvalue weighted by molar-refractivity contribution is -0.126. The topological polar surface area (TPSA) is 47.6 Å². The number of rotatable bonds is 7. The summed E-state index contributed by atoms with van der Waals surface area (Å²) >= 11 is 0. The van der Waals surface area contributed by atoms with Crippen LogP contribution in [-0.2, 0) is 4.79 Å². The summed E-state index contributed by atoms with van der Waals surface area (Å²) in [5.41, 5.74) is 1.04. The predicted octanol–water partition coefficient (Wildman–Crippen LogP) is 4.24. The summed E-state index contributed by atoms with van der Waals surface area (Å²) in [6, 6.07) is 5.87. The van der Waals surface area contributed by atoms with Gasteiger partial charge < -0.3 is 14.8 Å². The normalized spacial score (nSPS) is 16.7. The van der Waals surface area contributed by atoms with E-state index in [9.17, 15) is 4.79 Å². The molecular formula is C19H29NO3. The second kappa shape index (κ2) is 8.80. The number of hydrogen-bond donors (Lipinski definition) is 1. The van der Waals surface area contributed by atoms with Crippen molar-refractivity contribution in [3.8, 4) is 11.5 Å². The maximum Gasteiger partial charge on any atom is 0.223 e. The highest BCUT2D eigenvalue weighted by atomic mass is 16.5. The Kier molecular flexibility index (Phi) is 6.75. The summed E-state index contributed by atoms with van der Waals surface area (Å²) in [6.07, 6.45) is 5.64. The molecule has 128 valence electrons. The first-order valence-electron chi connectivity index (χ1n) is 8.85. The highest BCUT2D eigenvalue weighted by molar-refractivity contribution is 5.79. The highest BCUT2D eigenvalue weighted by Crippen LogP contribution is 2.31. The third-order valence-electron chi connectivity index (χ3n) is 4.40. The average Bonchev–Trinajstić information content (AvgIpc) is 2.57. The Morgan fingerprint density at radius 2 is 1.78 bits per heavy atom. The zero-order chi connectivity index (χ0) is 16.7. The third kappa shape index (κ3) is 4.88. The molecule has 23 heavy (non-hydrogen) atoms. The molecule has 1 saturated carbocycles.